The number of thioether (sulfide) groups is 1. The SMILES string of the molecule is CSc1cc(C)ccc1CN=C(NCc1nnc(C)n1C)NC1CCCCC1.I. The number of nitrogens with zero attached hydrogens (tertiary/aromatic N) is 4. The average Bonchev–Trinajstić information content (AvgIpc) is 3.03. The number of benzene rings is 1. The minimum atomic E-state index is 0. The molecular weight excluding hydrogens is 495 g/mol. The summed E-state index contributed by atoms with van der Waals surface area (Å²) in [6.07, 6.45) is 8.48. The van der Waals surface area contributed by atoms with Gasteiger partial charge in [0.05, 0.1) is 13.1 Å². The van der Waals surface area contributed by atoms with Crippen molar-refractivity contribution in [1.29, 1.82) is 0 Å². The van der Waals surface area contributed by atoms with Crippen molar-refractivity contribution in [3.05, 3.63) is 41.0 Å². The number of aryl methyl sites for hydroxylation is 2. The molecule has 2 aromatic rings. The Labute approximate surface area is 195 Å². The van der Waals surface area contributed by atoms with E-state index in [9.17, 15) is 0 Å². The van der Waals surface area contributed by atoms with E-state index in [-0.39, 0.29) is 24.0 Å². The molecule has 0 amide bonds. The summed E-state index contributed by atoms with van der Waals surface area (Å²) in [6.45, 7) is 5.37. The molecule has 6 nitrogen and oxygen atoms in total. The summed E-state index contributed by atoms with van der Waals surface area (Å²) in [4.78, 5) is 6.20. The van der Waals surface area contributed by atoms with E-state index in [4.69, 9.17) is 4.99 Å². The molecule has 0 radical (unpaired) electrons. The van der Waals surface area contributed by atoms with E-state index in [1.165, 1.54) is 48.1 Å². The monoisotopic (exact) mass is 528 g/mol. The number of guanidine groups is 1. The fraction of sp³-hybridized carbons (Fsp3) is 0.571. The predicted molar refractivity (Wildman–Crippen MR) is 132 cm³/mol. The molecule has 29 heavy (non-hydrogen) atoms. The Hall–Kier alpha value is -1.29. The first-order valence-electron chi connectivity index (χ1n) is 10.1. The van der Waals surface area contributed by atoms with Crippen LogP contribution in [0.4, 0.5) is 0 Å². The highest BCUT2D eigenvalue weighted by Crippen LogP contribution is 2.22. The van der Waals surface area contributed by atoms with E-state index in [1.54, 1.807) is 11.8 Å². The van der Waals surface area contributed by atoms with Gasteiger partial charge in [-0.2, -0.15) is 0 Å². The number of halogens is 1. The van der Waals surface area contributed by atoms with Crippen molar-refractivity contribution in [2.45, 2.75) is 70.0 Å². The Morgan fingerprint density at radius 1 is 1.21 bits per heavy atom. The van der Waals surface area contributed by atoms with E-state index in [0.717, 1.165) is 17.6 Å². The Morgan fingerprint density at radius 3 is 2.62 bits per heavy atom. The lowest BCUT2D eigenvalue weighted by Gasteiger charge is -2.25. The van der Waals surface area contributed by atoms with Gasteiger partial charge in [0.1, 0.15) is 5.82 Å². The van der Waals surface area contributed by atoms with Crippen LogP contribution >= 0.6 is 35.7 Å². The maximum atomic E-state index is 4.90. The highest BCUT2D eigenvalue weighted by molar-refractivity contribution is 14.0. The molecular formula is C21H33IN6S. The molecule has 0 saturated heterocycles. The number of nitrogens with one attached hydrogen (secondary N) is 2. The second kappa shape index (κ2) is 11.8. The molecule has 3 rings (SSSR count). The fourth-order valence-corrected chi connectivity index (χ4v) is 4.21. The summed E-state index contributed by atoms with van der Waals surface area (Å²) in [5.74, 6) is 2.69. The topological polar surface area (TPSA) is 67.1 Å². The maximum Gasteiger partial charge on any atom is 0.192 e. The Balaban J connectivity index is 0.00000300. The van der Waals surface area contributed by atoms with E-state index < -0.39 is 0 Å². The first kappa shape index (κ1) is 24.0. The van der Waals surface area contributed by atoms with Crippen molar-refractivity contribution in [3.63, 3.8) is 0 Å². The lowest BCUT2D eigenvalue weighted by Crippen LogP contribution is -2.44. The summed E-state index contributed by atoms with van der Waals surface area (Å²) < 4.78 is 2.01. The third-order valence-corrected chi connectivity index (χ3v) is 6.21. The molecule has 8 heteroatoms. The van der Waals surface area contributed by atoms with Gasteiger partial charge in [-0.1, -0.05) is 31.4 Å². The van der Waals surface area contributed by atoms with Crippen molar-refractivity contribution in [3.8, 4) is 0 Å². The second-order valence-corrected chi connectivity index (χ2v) is 8.38. The minimum absolute atomic E-state index is 0. The lowest BCUT2D eigenvalue weighted by atomic mass is 9.96. The number of hydrogen-bond donors (Lipinski definition) is 2. The molecule has 160 valence electrons. The van der Waals surface area contributed by atoms with Crippen molar-refractivity contribution in [2.75, 3.05) is 6.26 Å². The van der Waals surface area contributed by atoms with Gasteiger partial charge < -0.3 is 15.2 Å². The smallest absolute Gasteiger partial charge is 0.192 e. The standard InChI is InChI=1S/C21H32N6S.HI/c1-15-10-11-17(19(12-15)28-4)13-22-21(24-18-8-6-5-7-9-18)23-14-20-26-25-16(2)27(20)3;/h10-12,18H,5-9,13-14H2,1-4H3,(H2,22,23,24);1H. The summed E-state index contributed by atoms with van der Waals surface area (Å²) in [5, 5.41) is 15.5. The van der Waals surface area contributed by atoms with Gasteiger partial charge in [0.25, 0.3) is 0 Å². The van der Waals surface area contributed by atoms with Gasteiger partial charge in [0.2, 0.25) is 0 Å². The van der Waals surface area contributed by atoms with Gasteiger partial charge in [0, 0.05) is 18.0 Å². The molecule has 1 aliphatic rings. The molecule has 0 aliphatic heterocycles. The van der Waals surface area contributed by atoms with Crippen molar-refractivity contribution in [2.24, 2.45) is 12.0 Å². The van der Waals surface area contributed by atoms with E-state index in [0.29, 0.717) is 19.1 Å². The van der Waals surface area contributed by atoms with Crippen LogP contribution in [0.15, 0.2) is 28.1 Å². The molecule has 0 unspecified atom stereocenters. The molecule has 2 N–H and O–H groups in total. The molecule has 1 aromatic carbocycles. The highest BCUT2D eigenvalue weighted by Gasteiger charge is 2.15. The van der Waals surface area contributed by atoms with Crippen LogP contribution in [-0.2, 0) is 20.1 Å². The quantitative estimate of drug-likeness (QED) is 0.253. The number of aliphatic imine (C=N–C) groups is 1. The van der Waals surface area contributed by atoms with Crippen LogP contribution < -0.4 is 10.6 Å². The van der Waals surface area contributed by atoms with Gasteiger partial charge in [-0.25, -0.2) is 4.99 Å². The fourth-order valence-electron chi connectivity index (χ4n) is 3.51. The number of aromatic nitrogens is 3. The normalized spacial score (nSPS) is 15.1. The molecule has 1 saturated carbocycles. The zero-order valence-corrected chi connectivity index (χ0v) is 21.0. The third-order valence-electron chi connectivity index (χ3n) is 5.39. The van der Waals surface area contributed by atoms with Crippen LogP contribution in [0.2, 0.25) is 0 Å². The second-order valence-electron chi connectivity index (χ2n) is 7.54. The average molecular weight is 529 g/mol. The zero-order valence-electron chi connectivity index (χ0n) is 17.9. The predicted octanol–water partition coefficient (Wildman–Crippen LogP) is 4.34. The Bertz CT molecular complexity index is 813. The summed E-state index contributed by atoms with van der Waals surface area (Å²) in [5.41, 5.74) is 2.55. The van der Waals surface area contributed by atoms with Crippen molar-refractivity contribution < 1.29 is 0 Å². The maximum absolute atomic E-state index is 4.90. The highest BCUT2D eigenvalue weighted by atomic mass is 127. The number of rotatable bonds is 6. The third kappa shape index (κ3) is 6.87. The van der Waals surface area contributed by atoms with Gasteiger partial charge >= 0.3 is 0 Å². The summed E-state index contributed by atoms with van der Waals surface area (Å²) in [7, 11) is 1.99. The molecule has 1 heterocycles. The van der Waals surface area contributed by atoms with Crippen LogP contribution in [0.5, 0.6) is 0 Å². The number of hydrogen-bond acceptors (Lipinski definition) is 4. The van der Waals surface area contributed by atoms with Gasteiger partial charge in [0.15, 0.2) is 11.8 Å². The van der Waals surface area contributed by atoms with E-state index in [1.807, 2.05) is 18.5 Å². The van der Waals surface area contributed by atoms with Crippen LogP contribution in [0, 0.1) is 13.8 Å². The van der Waals surface area contributed by atoms with Crippen LogP contribution in [0.25, 0.3) is 0 Å². The molecule has 0 bridgehead atoms. The first-order chi connectivity index (χ1) is 13.6. The van der Waals surface area contributed by atoms with Crippen molar-refractivity contribution in [1.82, 2.24) is 25.4 Å². The molecule has 0 atom stereocenters. The molecule has 0 spiro atoms. The van der Waals surface area contributed by atoms with Gasteiger partial charge in [-0.05, 0) is 50.1 Å². The molecule has 1 fully saturated rings. The largest absolute Gasteiger partial charge is 0.354 e. The van der Waals surface area contributed by atoms with Crippen LogP contribution in [0.1, 0.15) is 54.9 Å². The van der Waals surface area contributed by atoms with Crippen molar-refractivity contribution >= 4 is 41.7 Å². The Kier molecular flexibility index (Phi) is 9.74. The Morgan fingerprint density at radius 2 is 1.97 bits per heavy atom. The van der Waals surface area contributed by atoms with Gasteiger partial charge in [-0.15, -0.1) is 45.9 Å². The van der Waals surface area contributed by atoms with Gasteiger partial charge in [-0.3, -0.25) is 0 Å². The first-order valence-corrected chi connectivity index (χ1v) is 11.3. The molecule has 1 aromatic heterocycles. The summed E-state index contributed by atoms with van der Waals surface area (Å²) in [6, 6.07) is 7.09. The van der Waals surface area contributed by atoms with E-state index in [2.05, 4.69) is 52.2 Å². The minimum Gasteiger partial charge on any atom is -0.354 e. The summed E-state index contributed by atoms with van der Waals surface area (Å²) >= 11 is 1.78. The van der Waals surface area contributed by atoms with E-state index >= 15 is 0 Å². The lowest BCUT2D eigenvalue weighted by molar-refractivity contribution is 0.409. The molecule has 1 aliphatic carbocycles. The van der Waals surface area contributed by atoms with Crippen LogP contribution in [-0.4, -0.2) is 33.0 Å². The van der Waals surface area contributed by atoms with Crippen LogP contribution in [0.3, 0.4) is 0 Å². The zero-order chi connectivity index (χ0) is 19.9.